The van der Waals surface area contributed by atoms with Gasteiger partial charge in [0.2, 0.25) is 0 Å². The van der Waals surface area contributed by atoms with E-state index in [-0.39, 0.29) is 0 Å². The Hall–Kier alpha value is -0.450. The van der Waals surface area contributed by atoms with Crippen LogP contribution in [0.25, 0.3) is 0 Å². The summed E-state index contributed by atoms with van der Waals surface area (Å²) in [5, 5.41) is 0. The molecule has 0 heterocycles. The smallest absolute Gasteiger partial charge is 0.406 e. The maximum absolute atomic E-state index is 12.2. The first-order valence-corrected chi connectivity index (χ1v) is 2.59. The van der Waals surface area contributed by atoms with Gasteiger partial charge in [-0.1, -0.05) is 0 Å². The number of carbonyl (C=O) groups excluding carboxylic acids is 1. The third kappa shape index (κ3) is 2.91. The van der Waals surface area contributed by atoms with E-state index in [2.05, 4.69) is 16.3 Å². The Morgan fingerprint density at radius 2 is 2.10 bits per heavy atom. The minimum absolute atomic E-state index is 0.415. The highest BCUT2D eigenvalue weighted by atomic mass is 35.5. The predicted octanol–water partition coefficient (Wildman–Crippen LogP) is 2.31. The molecule has 6 heteroatoms. The van der Waals surface area contributed by atoms with Crippen LogP contribution in [0.1, 0.15) is 6.92 Å². The van der Waals surface area contributed by atoms with E-state index < -0.39 is 17.7 Å². The maximum Gasteiger partial charge on any atom is 0.406 e. The first-order valence-electron chi connectivity index (χ1n) is 2.22. The fourth-order valence-corrected chi connectivity index (χ4v) is 0.352. The molecule has 0 aliphatic heterocycles. The van der Waals surface area contributed by atoms with Crippen molar-refractivity contribution in [1.29, 1.82) is 0 Å². The van der Waals surface area contributed by atoms with Gasteiger partial charge in [-0.15, -0.1) is 0 Å². The summed E-state index contributed by atoms with van der Waals surface area (Å²) in [6.07, 6.45) is -3.39. The zero-order valence-corrected chi connectivity index (χ0v) is 5.66. The molecule has 2 nitrogen and oxygen atoms in total. The van der Waals surface area contributed by atoms with Gasteiger partial charge in [-0.05, 0) is 0 Å². The number of ether oxygens (including phenoxy) is 1. The number of halogens is 4. The van der Waals surface area contributed by atoms with E-state index in [0.717, 1.165) is 0 Å². The molecule has 0 fully saturated rings. The SMILES string of the molecule is CC(F)(OC(=O)Cl)C(F)F. The average molecular weight is 177 g/mol. The summed E-state index contributed by atoms with van der Waals surface area (Å²) in [7, 11) is 0. The second-order valence-corrected chi connectivity index (χ2v) is 1.93. The van der Waals surface area contributed by atoms with Crippen molar-refractivity contribution in [2.75, 3.05) is 0 Å². The van der Waals surface area contributed by atoms with Crippen LogP contribution in [-0.4, -0.2) is 17.7 Å². The van der Waals surface area contributed by atoms with E-state index in [1.165, 1.54) is 0 Å². The number of carbonyl (C=O) groups is 1. The van der Waals surface area contributed by atoms with E-state index >= 15 is 0 Å². The van der Waals surface area contributed by atoms with Gasteiger partial charge in [0.05, 0.1) is 0 Å². The van der Waals surface area contributed by atoms with Gasteiger partial charge in [-0.25, -0.2) is 13.6 Å². The summed E-state index contributed by atoms with van der Waals surface area (Å²) < 4.78 is 38.5. The molecule has 60 valence electrons. The fourth-order valence-electron chi connectivity index (χ4n) is 0.201. The van der Waals surface area contributed by atoms with Gasteiger partial charge in [0.25, 0.3) is 0 Å². The molecule has 0 rings (SSSR count). The molecule has 0 aromatic heterocycles. The van der Waals surface area contributed by atoms with E-state index in [9.17, 15) is 18.0 Å². The molecule has 0 aromatic carbocycles. The Bertz CT molecular complexity index is 136. The van der Waals surface area contributed by atoms with Crippen LogP contribution >= 0.6 is 11.6 Å². The predicted molar refractivity (Wildman–Crippen MR) is 27.9 cm³/mol. The number of hydrogen-bond donors (Lipinski definition) is 0. The molecule has 0 saturated heterocycles. The maximum atomic E-state index is 12.2. The monoisotopic (exact) mass is 176 g/mol. The van der Waals surface area contributed by atoms with Crippen molar-refractivity contribution in [2.45, 2.75) is 19.2 Å². The van der Waals surface area contributed by atoms with Crippen molar-refractivity contribution >= 4 is 17.0 Å². The lowest BCUT2D eigenvalue weighted by Gasteiger charge is -2.16. The highest BCUT2D eigenvalue weighted by Gasteiger charge is 2.38. The van der Waals surface area contributed by atoms with Crippen molar-refractivity contribution in [3.05, 3.63) is 0 Å². The minimum Gasteiger partial charge on any atom is -0.410 e. The van der Waals surface area contributed by atoms with E-state index in [0.29, 0.717) is 6.92 Å². The molecule has 0 amide bonds. The summed E-state index contributed by atoms with van der Waals surface area (Å²) >= 11 is 4.47. The largest absolute Gasteiger partial charge is 0.410 e. The highest BCUT2D eigenvalue weighted by molar-refractivity contribution is 6.61. The second kappa shape index (κ2) is 3.09. The van der Waals surface area contributed by atoms with Crippen LogP contribution in [0.3, 0.4) is 0 Å². The van der Waals surface area contributed by atoms with Crippen LogP contribution in [0.4, 0.5) is 18.0 Å². The Balaban J connectivity index is 3.99. The third-order valence-corrected chi connectivity index (χ3v) is 0.747. The molecule has 0 aromatic rings. The summed E-state index contributed by atoms with van der Waals surface area (Å²) in [4.78, 5) is 9.73. The number of alkyl halides is 3. The van der Waals surface area contributed by atoms with Crippen LogP contribution in [-0.2, 0) is 4.74 Å². The van der Waals surface area contributed by atoms with Crippen molar-refractivity contribution in [3.63, 3.8) is 0 Å². The van der Waals surface area contributed by atoms with Crippen LogP contribution in [0.15, 0.2) is 0 Å². The molecule has 0 spiro atoms. The fraction of sp³-hybridized carbons (Fsp3) is 0.750. The van der Waals surface area contributed by atoms with Crippen molar-refractivity contribution in [1.82, 2.24) is 0 Å². The standard InChI is InChI=1S/C4H4ClF3O2/c1-4(8,2(6)7)10-3(5)9/h2H,1H3. The summed E-state index contributed by atoms with van der Waals surface area (Å²) in [5.74, 6) is -3.29. The summed E-state index contributed by atoms with van der Waals surface area (Å²) in [6, 6.07) is 0. The van der Waals surface area contributed by atoms with Gasteiger partial charge in [0.15, 0.2) is 0 Å². The summed E-state index contributed by atoms with van der Waals surface area (Å²) in [6.45, 7) is 0.415. The Labute approximate surface area is 59.9 Å². The lowest BCUT2D eigenvalue weighted by Crippen LogP contribution is -2.32. The minimum atomic E-state index is -3.39. The van der Waals surface area contributed by atoms with Crippen molar-refractivity contribution in [2.24, 2.45) is 0 Å². The van der Waals surface area contributed by atoms with Crippen LogP contribution in [0, 0.1) is 0 Å². The van der Waals surface area contributed by atoms with E-state index in [1.54, 1.807) is 0 Å². The Morgan fingerprint density at radius 3 is 2.20 bits per heavy atom. The van der Waals surface area contributed by atoms with Crippen LogP contribution in [0.2, 0.25) is 0 Å². The van der Waals surface area contributed by atoms with Crippen molar-refractivity contribution in [3.8, 4) is 0 Å². The van der Waals surface area contributed by atoms with Gasteiger partial charge in [-0.2, -0.15) is 4.39 Å². The molecule has 0 radical (unpaired) electrons. The molecule has 10 heavy (non-hydrogen) atoms. The zero-order chi connectivity index (χ0) is 8.36. The molecule has 1 unspecified atom stereocenters. The first kappa shape index (κ1) is 9.55. The molecule has 0 N–H and O–H groups in total. The molecule has 1 atom stereocenters. The number of hydrogen-bond acceptors (Lipinski definition) is 2. The first-order chi connectivity index (χ1) is 4.36. The Kier molecular flexibility index (Phi) is 2.96. The zero-order valence-electron chi connectivity index (χ0n) is 4.91. The lowest BCUT2D eigenvalue weighted by molar-refractivity contribution is -0.167. The van der Waals surface area contributed by atoms with Gasteiger partial charge in [-0.3, -0.25) is 0 Å². The van der Waals surface area contributed by atoms with E-state index in [1.807, 2.05) is 0 Å². The quantitative estimate of drug-likeness (QED) is 0.604. The highest BCUT2D eigenvalue weighted by Crippen LogP contribution is 2.22. The normalized spacial score (nSPS) is 16.6. The molecular formula is C4H4ClF3O2. The van der Waals surface area contributed by atoms with Crippen LogP contribution < -0.4 is 0 Å². The number of rotatable bonds is 2. The van der Waals surface area contributed by atoms with Gasteiger partial charge in [0.1, 0.15) is 0 Å². The van der Waals surface area contributed by atoms with Gasteiger partial charge >= 0.3 is 17.7 Å². The average Bonchev–Trinajstić information content (AvgIpc) is 1.60. The van der Waals surface area contributed by atoms with Crippen molar-refractivity contribution < 1.29 is 22.7 Å². The molecule has 0 aliphatic carbocycles. The van der Waals surface area contributed by atoms with E-state index in [4.69, 9.17) is 0 Å². The lowest BCUT2D eigenvalue weighted by atomic mass is 10.4. The molecule has 0 saturated carbocycles. The summed E-state index contributed by atoms with van der Waals surface area (Å²) in [5.41, 5.74) is -1.59. The Morgan fingerprint density at radius 1 is 1.70 bits per heavy atom. The molecule has 0 aliphatic rings. The molecular weight excluding hydrogens is 172 g/mol. The van der Waals surface area contributed by atoms with Crippen LogP contribution in [0.5, 0.6) is 0 Å². The molecule has 0 bridgehead atoms. The topological polar surface area (TPSA) is 26.3 Å². The second-order valence-electron chi connectivity index (χ2n) is 1.63. The third-order valence-electron chi connectivity index (χ3n) is 0.670. The van der Waals surface area contributed by atoms with Gasteiger partial charge < -0.3 is 4.74 Å². The van der Waals surface area contributed by atoms with Gasteiger partial charge in [0, 0.05) is 18.5 Å².